The minimum atomic E-state index is -0.707. The lowest BCUT2D eigenvalue weighted by Gasteiger charge is -2.33. The van der Waals surface area contributed by atoms with Gasteiger partial charge in [0.15, 0.2) is 0 Å². The van der Waals surface area contributed by atoms with Gasteiger partial charge in [-0.2, -0.15) is 0 Å². The van der Waals surface area contributed by atoms with Gasteiger partial charge in [-0.1, -0.05) is 6.07 Å². The highest BCUT2D eigenvalue weighted by atomic mass is 16.4. The van der Waals surface area contributed by atoms with Crippen LogP contribution in [0.3, 0.4) is 0 Å². The van der Waals surface area contributed by atoms with E-state index in [-0.39, 0.29) is 5.92 Å². The molecule has 2 heterocycles. The maximum Gasteiger partial charge on any atom is 0.308 e. The molecule has 1 fully saturated rings. The van der Waals surface area contributed by atoms with Crippen molar-refractivity contribution in [3.63, 3.8) is 0 Å². The molecular weight excluding hydrogens is 218 g/mol. The number of carboxylic acids is 1. The van der Waals surface area contributed by atoms with Crippen molar-refractivity contribution >= 4 is 11.7 Å². The molecule has 4 heteroatoms. The molecular formula is C13H15NO3. The van der Waals surface area contributed by atoms with Gasteiger partial charge in [0, 0.05) is 23.8 Å². The van der Waals surface area contributed by atoms with Gasteiger partial charge in [0.25, 0.3) is 0 Å². The molecule has 0 aliphatic carbocycles. The van der Waals surface area contributed by atoms with Crippen LogP contribution in [0.2, 0.25) is 0 Å². The summed E-state index contributed by atoms with van der Waals surface area (Å²) in [5, 5.41) is 18.9. The Morgan fingerprint density at radius 2 is 2.24 bits per heavy atom. The van der Waals surface area contributed by atoms with Gasteiger partial charge in [-0.05, 0) is 31.4 Å². The zero-order chi connectivity index (χ0) is 12.0. The van der Waals surface area contributed by atoms with Crippen LogP contribution >= 0.6 is 0 Å². The van der Waals surface area contributed by atoms with Crippen molar-refractivity contribution in [1.29, 1.82) is 0 Å². The molecule has 0 radical (unpaired) electrons. The monoisotopic (exact) mass is 233 g/mol. The molecule has 2 N–H and O–H groups in total. The van der Waals surface area contributed by atoms with E-state index in [2.05, 4.69) is 4.90 Å². The van der Waals surface area contributed by atoms with Crippen molar-refractivity contribution in [3.05, 3.63) is 23.8 Å². The zero-order valence-corrected chi connectivity index (χ0v) is 9.47. The molecule has 17 heavy (non-hydrogen) atoms. The molecule has 1 aromatic rings. The fourth-order valence-corrected chi connectivity index (χ4v) is 3.06. The third kappa shape index (κ3) is 1.55. The standard InChI is InChI=1S/C13H15NO3/c15-12-3-1-2-11-10(12)5-4-9-6-8(13(16)17)7-14(9)11/h1-3,8-9,15H,4-7H2,(H,16,17). The summed E-state index contributed by atoms with van der Waals surface area (Å²) < 4.78 is 0. The Balaban J connectivity index is 1.97. The van der Waals surface area contributed by atoms with E-state index in [1.807, 2.05) is 12.1 Å². The van der Waals surface area contributed by atoms with Crippen LogP contribution in [0.4, 0.5) is 5.69 Å². The number of aromatic hydroxyl groups is 1. The minimum Gasteiger partial charge on any atom is -0.508 e. The number of anilines is 1. The van der Waals surface area contributed by atoms with Crippen LogP contribution in [0.1, 0.15) is 18.4 Å². The number of hydrogen-bond donors (Lipinski definition) is 2. The van der Waals surface area contributed by atoms with Gasteiger partial charge in [0.05, 0.1) is 5.92 Å². The van der Waals surface area contributed by atoms with E-state index in [0.29, 0.717) is 18.3 Å². The molecule has 0 spiro atoms. The largest absolute Gasteiger partial charge is 0.508 e. The summed E-state index contributed by atoms with van der Waals surface area (Å²) in [5.74, 6) is -0.644. The predicted octanol–water partition coefficient (Wildman–Crippen LogP) is 1.62. The van der Waals surface area contributed by atoms with E-state index in [9.17, 15) is 9.90 Å². The smallest absolute Gasteiger partial charge is 0.308 e. The first-order chi connectivity index (χ1) is 8.16. The predicted molar refractivity (Wildman–Crippen MR) is 63.3 cm³/mol. The second-order valence-corrected chi connectivity index (χ2v) is 4.89. The van der Waals surface area contributed by atoms with Crippen molar-refractivity contribution in [1.82, 2.24) is 0 Å². The molecule has 2 aliphatic heterocycles. The van der Waals surface area contributed by atoms with Crippen LogP contribution in [-0.2, 0) is 11.2 Å². The van der Waals surface area contributed by atoms with Gasteiger partial charge in [-0.25, -0.2) is 0 Å². The first-order valence-corrected chi connectivity index (χ1v) is 5.97. The summed E-state index contributed by atoms with van der Waals surface area (Å²) in [6.07, 6.45) is 2.51. The highest BCUT2D eigenvalue weighted by Crippen LogP contribution is 2.41. The SMILES string of the molecule is O=C(O)C1CC2CCc3c(O)cccc3N2C1. The number of rotatable bonds is 1. The lowest BCUT2D eigenvalue weighted by atomic mass is 9.95. The van der Waals surface area contributed by atoms with Gasteiger partial charge in [-0.3, -0.25) is 4.79 Å². The first kappa shape index (κ1) is 10.4. The summed E-state index contributed by atoms with van der Waals surface area (Å²) in [5.41, 5.74) is 1.99. The molecule has 2 aliphatic rings. The van der Waals surface area contributed by atoms with Crippen LogP contribution in [0, 0.1) is 5.92 Å². The number of phenols is 1. The molecule has 90 valence electrons. The fourth-order valence-electron chi connectivity index (χ4n) is 3.06. The van der Waals surface area contributed by atoms with E-state index in [1.165, 1.54) is 0 Å². The van der Waals surface area contributed by atoms with Crippen LogP contribution in [0.15, 0.2) is 18.2 Å². The highest BCUT2D eigenvalue weighted by molar-refractivity contribution is 5.73. The molecule has 0 amide bonds. The minimum absolute atomic E-state index is 0.270. The normalized spacial score (nSPS) is 26.5. The second-order valence-electron chi connectivity index (χ2n) is 4.89. The number of phenolic OH excluding ortho intramolecular Hbond substituents is 1. The van der Waals surface area contributed by atoms with Crippen LogP contribution in [-0.4, -0.2) is 28.8 Å². The second kappa shape index (κ2) is 3.65. The quantitative estimate of drug-likeness (QED) is 0.773. The van der Waals surface area contributed by atoms with E-state index < -0.39 is 5.97 Å². The van der Waals surface area contributed by atoms with Gasteiger partial charge < -0.3 is 15.1 Å². The Morgan fingerprint density at radius 1 is 1.41 bits per heavy atom. The number of carbonyl (C=O) groups is 1. The Hall–Kier alpha value is -1.71. The maximum absolute atomic E-state index is 11.0. The molecule has 4 nitrogen and oxygen atoms in total. The van der Waals surface area contributed by atoms with Crippen molar-refractivity contribution < 1.29 is 15.0 Å². The lowest BCUT2D eigenvalue weighted by molar-refractivity contribution is -0.141. The lowest BCUT2D eigenvalue weighted by Crippen LogP contribution is -2.34. The first-order valence-electron chi connectivity index (χ1n) is 5.97. The van der Waals surface area contributed by atoms with E-state index in [0.717, 1.165) is 30.5 Å². The van der Waals surface area contributed by atoms with E-state index in [1.54, 1.807) is 6.07 Å². The summed E-state index contributed by atoms with van der Waals surface area (Å²) >= 11 is 0. The van der Waals surface area contributed by atoms with Gasteiger partial charge >= 0.3 is 5.97 Å². The fraction of sp³-hybridized carbons (Fsp3) is 0.462. The van der Waals surface area contributed by atoms with Crippen molar-refractivity contribution in [2.75, 3.05) is 11.4 Å². The number of fused-ring (bicyclic) bond motifs is 3. The Labute approximate surface area is 99.5 Å². The number of nitrogens with zero attached hydrogens (tertiary/aromatic N) is 1. The highest BCUT2D eigenvalue weighted by Gasteiger charge is 2.39. The summed E-state index contributed by atoms with van der Waals surface area (Å²) in [4.78, 5) is 13.2. The molecule has 1 saturated heterocycles. The van der Waals surface area contributed by atoms with Crippen molar-refractivity contribution in [2.24, 2.45) is 5.92 Å². The number of benzene rings is 1. The molecule has 3 rings (SSSR count). The summed E-state index contributed by atoms with van der Waals surface area (Å²) in [6.45, 7) is 0.566. The Morgan fingerprint density at radius 3 is 3.00 bits per heavy atom. The molecule has 0 aromatic heterocycles. The number of carboxylic acid groups (broad SMARTS) is 1. The van der Waals surface area contributed by atoms with Crippen molar-refractivity contribution in [3.8, 4) is 5.75 Å². The summed E-state index contributed by atoms with van der Waals surface area (Å²) in [7, 11) is 0. The Kier molecular flexibility index (Phi) is 2.24. The zero-order valence-electron chi connectivity index (χ0n) is 9.47. The van der Waals surface area contributed by atoms with Gasteiger partial charge in [0.2, 0.25) is 0 Å². The third-order valence-corrected chi connectivity index (χ3v) is 3.93. The molecule has 0 bridgehead atoms. The van der Waals surface area contributed by atoms with Crippen LogP contribution in [0.25, 0.3) is 0 Å². The van der Waals surface area contributed by atoms with Gasteiger partial charge in [-0.15, -0.1) is 0 Å². The van der Waals surface area contributed by atoms with Gasteiger partial charge in [0.1, 0.15) is 5.75 Å². The van der Waals surface area contributed by atoms with E-state index >= 15 is 0 Å². The topological polar surface area (TPSA) is 60.8 Å². The Bertz CT molecular complexity index is 472. The number of hydrogen-bond acceptors (Lipinski definition) is 3. The average molecular weight is 233 g/mol. The van der Waals surface area contributed by atoms with Crippen LogP contribution < -0.4 is 4.90 Å². The third-order valence-electron chi connectivity index (χ3n) is 3.93. The average Bonchev–Trinajstić information content (AvgIpc) is 2.73. The molecule has 2 atom stereocenters. The summed E-state index contributed by atoms with van der Waals surface area (Å²) in [6, 6.07) is 5.82. The van der Waals surface area contributed by atoms with E-state index in [4.69, 9.17) is 5.11 Å². The molecule has 2 unspecified atom stereocenters. The van der Waals surface area contributed by atoms with Crippen LogP contribution in [0.5, 0.6) is 5.75 Å². The molecule has 0 saturated carbocycles. The maximum atomic E-state index is 11.0. The molecule has 1 aromatic carbocycles. The van der Waals surface area contributed by atoms with Crippen molar-refractivity contribution in [2.45, 2.75) is 25.3 Å². The number of aliphatic carboxylic acids is 1.